The van der Waals surface area contributed by atoms with Crippen LogP contribution in [0.5, 0.6) is 0 Å². The molecule has 0 aliphatic heterocycles. The van der Waals surface area contributed by atoms with Gasteiger partial charge in [-0.2, -0.15) is 0 Å². The van der Waals surface area contributed by atoms with Crippen LogP contribution < -0.4 is 5.32 Å². The molecule has 0 bridgehead atoms. The average Bonchev–Trinajstić information content (AvgIpc) is 2.42. The van der Waals surface area contributed by atoms with Crippen molar-refractivity contribution in [1.29, 1.82) is 0 Å². The molecule has 114 valence electrons. The minimum absolute atomic E-state index is 0. The van der Waals surface area contributed by atoms with Gasteiger partial charge < -0.3 is 15.0 Å². The number of benzene rings is 1. The van der Waals surface area contributed by atoms with Crippen molar-refractivity contribution in [3.05, 3.63) is 34.3 Å². The molecule has 0 atom stereocenters. The first-order chi connectivity index (χ1) is 9.13. The van der Waals surface area contributed by atoms with Gasteiger partial charge in [0.05, 0.1) is 13.2 Å². The second-order valence-electron chi connectivity index (χ2n) is 4.36. The first-order valence-electron chi connectivity index (χ1n) is 6.31. The Balaban J connectivity index is 0.00000361. The van der Waals surface area contributed by atoms with Crippen LogP contribution in [0.3, 0.4) is 0 Å². The van der Waals surface area contributed by atoms with Gasteiger partial charge in [0, 0.05) is 31.7 Å². The molecule has 0 fully saturated rings. The highest BCUT2D eigenvalue weighted by Crippen LogP contribution is 2.11. The number of ether oxygens (including phenoxy) is 1. The molecule has 0 aliphatic carbocycles. The lowest BCUT2D eigenvalue weighted by atomic mass is 10.1. The molecule has 1 aromatic carbocycles. The lowest BCUT2D eigenvalue weighted by Gasteiger charge is -2.17. The Morgan fingerprint density at radius 2 is 2.00 bits per heavy atom. The van der Waals surface area contributed by atoms with E-state index in [0.717, 1.165) is 17.4 Å². The van der Waals surface area contributed by atoms with Crippen LogP contribution in [0.1, 0.15) is 5.56 Å². The lowest BCUT2D eigenvalue weighted by molar-refractivity contribution is -0.128. The third-order valence-corrected chi connectivity index (χ3v) is 3.36. The van der Waals surface area contributed by atoms with Crippen molar-refractivity contribution in [3.63, 3.8) is 0 Å². The number of hydrogen-bond donors (Lipinski definition) is 1. The zero-order chi connectivity index (χ0) is 14.1. The molecule has 1 N–H and O–H groups in total. The third kappa shape index (κ3) is 7.85. The van der Waals surface area contributed by atoms with Crippen LogP contribution in [0.15, 0.2) is 28.7 Å². The quantitative estimate of drug-likeness (QED) is 0.717. The van der Waals surface area contributed by atoms with E-state index in [1.54, 1.807) is 12.0 Å². The predicted molar refractivity (Wildman–Crippen MR) is 87.5 cm³/mol. The molecule has 20 heavy (non-hydrogen) atoms. The summed E-state index contributed by atoms with van der Waals surface area (Å²) in [5.74, 6) is 0.105. The first kappa shape index (κ1) is 19.4. The monoisotopic (exact) mass is 364 g/mol. The Kier molecular flexibility index (Phi) is 10.7. The zero-order valence-electron chi connectivity index (χ0n) is 11.9. The number of carbonyl (C=O) groups is 1. The van der Waals surface area contributed by atoms with Gasteiger partial charge in [0.15, 0.2) is 0 Å². The molecule has 0 heterocycles. The smallest absolute Gasteiger partial charge is 0.236 e. The molecule has 0 radical (unpaired) electrons. The van der Waals surface area contributed by atoms with Gasteiger partial charge in [-0.05, 0) is 24.1 Å². The summed E-state index contributed by atoms with van der Waals surface area (Å²) in [5.41, 5.74) is 1.23. The van der Waals surface area contributed by atoms with Crippen molar-refractivity contribution >= 4 is 34.2 Å². The summed E-state index contributed by atoms with van der Waals surface area (Å²) in [4.78, 5) is 13.5. The standard InChI is InChI=1S/C14H21BrN2O2.ClH/c1-17(14(18)11-16-8-10-19-2)9-7-12-3-5-13(15)6-4-12;/h3-6,16H,7-11H2,1-2H3;1H. The molecule has 4 nitrogen and oxygen atoms in total. The minimum Gasteiger partial charge on any atom is -0.383 e. The maximum absolute atomic E-state index is 11.8. The first-order valence-corrected chi connectivity index (χ1v) is 7.11. The highest BCUT2D eigenvalue weighted by atomic mass is 79.9. The van der Waals surface area contributed by atoms with E-state index < -0.39 is 0 Å². The summed E-state index contributed by atoms with van der Waals surface area (Å²) >= 11 is 3.41. The summed E-state index contributed by atoms with van der Waals surface area (Å²) in [7, 11) is 3.48. The maximum Gasteiger partial charge on any atom is 0.236 e. The fourth-order valence-corrected chi connectivity index (χ4v) is 1.84. The molecule has 0 aliphatic rings. The number of hydrogen-bond acceptors (Lipinski definition) is 3. The Labute approximate surface area is 135 Å². The lowest BCUT2D eigenvalue weighted by Crippen LogP contribution is -2.37. The van der Waals surface area contributed by atoms with Crippen LogP contribution in [-0.4, -0.2) is 51.2 Å². The molecule has 1 amide bonds. The van der Waals surface area contributed by atoms with Crippen molar-refractivity contribution in [1.82, 2.24) is 10.2 Å². The summed E-state index contributed by atoms with van der Waals surface area (Å²) in [6.45, 7) is 2.41. The number of nitrogens with one attached hydrogen (secondary N) is 1. The number of carbonyl (C=O) groups excluding carboxylic acids is 1. The summed E-state index contributed by atoms with van der Waals surface area (Å²) < 4.78 is 5.98. The Morgan fingerprint density at radius 3 is 2.60 bits per heavy atom. The molecule has 0 aromatic heterocycles. The highest BCUT2D eigenvalue weighted by molar-refractivity contribution is 9.10. The van der Waals surface area contributed by atoms with E-state index in [0.29, 0.717) is 19.7 Å². The van der Waals surface area contributed by atoms with Crippen molar-refractivity contribution in [3.8, 4) is 0 Å². The molecule has 0 spiro atoms. The van der Waals surface area contributed by atoms with Gasteiger partial charge in [-0.3, -0.25) is 4.79 Å². The van der Waals surface area contributed by atoms with E-state index >= 15 is 0 Å². The van der Waals surface area contributed by atoms with Crippen LogP contribution in [0, 0.1) is 0 Å². The molecule has 1 rings (SSSR count). The van der Waals surface area contributed by atoms with E-state index in [1.807, 2.05) is 19.2 Å². The largest absolute Gasteiger partial charge is 0.383 e. The minimum atomic E-state index is 0. The van der Waals surface area contributed by atoms with Gasteiger partial charge in [-0.1, -0.05) is 28.1 Å². The summed E-state index contributed by atoms with van der Waals surface area (Å²) in [5, 5.41) is 3.05. The topological polar surface area (TPSA) is 41.6 Å². The number of likely N-dealkylation sites (N-methyl/N-ethyl adjacent to an activating group) is 1. The van der Waals surface area contributed by atoms with Crippen LogP contribution >= 0.6 is 28.3 Å². The summed E-state index contributed by atoms with van der Waals surface area (Å²) in [6.07, 6.45) is 0.869. The number of rotatable bonds is 8. The number of amides is 1. The third-order valence-electron chi connectivity index (χ3n) is 2.83. The Bertz CT molecular complexity index is 387. The Hall–Kier alpha value is -0.620. The Morgan fingerprint density at radius 1 is 1.35 bits per heavy atom. The summed E-state index contributed by atoms with van der Waals surface area (Å²) in [6, 6.07) is 8.17. The normalized spacial score (nSPS) is 9.95. The number of nitrogens with zero attached hydrogens (tertiary/aromatic N) is 1. The van der Waals surface area contributed by atoms with Crippen LogP contribution in [0.25, 0.3) is 0 Å². The zero-order valence-corrected chi connectivity index (χ0v) is 14.3. The highest BCUT2D eigenvalue weighted by Gasteiger charge is 2.07. The number of halogens is 2. The molecule has 6 heteroatoms. The van der Waals surface area contributed by atoms with Gasteiger partial charge in [-0.15, -0.1) is 12.4 Å². The van der Waals surface area contributed by atoms with Gasteiger partial charge in [-0.25, -0.2) is 0 Å². The molecular formula is C14H22BrClN2O2. The van der Waals surface area contributed by atoms with Crippen molar-refractivity contribution in [2.45, 2.75) is 6.42 Å². The van der Waals surface area contributed by atoms with Crippen LogP contribution in [0.2, 0.25) is 0 Å². The van der Waals surface area contributed by atoms with E-state index in [4.69, 9.17) is 4.74 Å². The van der Waals surface area contributed by atoms with E-state index in [1.165, 1.54) is 5.56 Å². The SMILES string of the molecule is COCCNCC(=O)N(C)CCc1ccc(Br)cc1.Cl. The fraction of sp³-hybridized carbons (Fsp3) is 0.500. The van der Waals surface area contributed by atoms with Gasteiger partial charge in [0.25, 0.3) is 0 Å². The maximum atomic E-state index is 11.8. The van der Waals surface area contributed by atoms with Crippen LogP contribution in [-0.2, 0) is 16.0 Å². The molecular weight excluding hydrogens is 344 g/mol. The fourth-order valence-electron chi connectivity index (χ4n) is 1.58. The van der Waals surface area contributed by atoms with E-state index in [9.17, 15) is 4.79 Å². The van der Waals surface area contributed by atoms with Crippen molar-refractivity contribution in [2.24, 2.45) is 0 Å². The van der Waals surface area contributed by atoms with Gasteiger partial charge in [0.1, 0.15) is 0 Å². The van der Waals surface area contributed by atoms with Crippen molar-refractivity contribution in [2.75, 3.05) is 40.4 Å². The van der Waals surface area contributed by atoms with E-state index in [-0.39, 0.29) is 18.3 Å². The van der Waals surface area contributed by atoms with Crippen LogP contribution in [0.4, 0.5) is 0 Å². The molecule has 0 saturated carbocycles. The van der Waals surface area contributed by atoms with Crippen molar-refractivity contribution < 1.29 is 9.53 Å². The number of methoxy groups -OCH3 is 1. The second kappa shape index (κ2) is 11.1. The molecule has 0 saturated heterocycles. The molecule has 1 aromatic rings. The second-order valence-corrected chi connectivity index (χ2v) is 5.28. The van der Waals surface area contributed by atoms with Gasteiger partial charge >= 0.3 is 0 Å². The van der Waals surface area contributed by atoms with Gasteiger partial charge in [0.2, 0.25) is 5.91 Å². The van der Waals surface area contributed by atoms with E-state index in [2.05, 4.69) is 33.4 Å². The predicted octanol–water partition coefficient (Wildman–Crippen LogP) is 2.11. The molecule has 0 unspecified atom stereocenters. The average molecular weight is 366 g/mol.